The topological polar surface area (TPSA) is 78.5 Å². The van der Waals surface area contributed by atoms with Crippen molar-refractivity contribution >= 4 is 23.4 Å². The van der Waals surface area contributed by atoms with Gasteiger partial charge in [-0.1, -0.05) is 12.1 Å². The van der Waals surface area contributed by atoms with Gasteiger partial charge in [0.1, 0.15) is 0 Å². The summed E-state index contributed by atoms with van der Waals surface area (Å²) >= 11 is 0. The van der Waals surface area contributed by atoms with Crippen LogP contribution >= 0.6 is 0 Å². The van der Waals surface area contributed by atoms with Gasteiger partial charge >= 0.3 is 6.03 Å². The molecule has 0 aliphatic carbocycles. The van der Waals surface area contributed by atoms with Crippen LogP contribution in [0.3, 0.4) is 0 Å². The summed E-state index contributed by atoms with van der Waals surface area (Å²) in [6, 6.07) is 6.16. The first kappa shape index (κ1) is 16.7. The van der Waals surface area contributed by atoms with E-state index in [1.54, 1.807) is 29.2 Å². The van der Waals surface area contributed by atoms with Crippen molar-refractivity contribution in [3.63, 3.8) is 0 Å². The Balaban J connectivity index is 2.52. The highest BCUT2D eigenvalue weighted by atomic mass is 16.2. The number of Topliss-reactive ketones (excluding diaryl/α,β-unsaturated/α-hetero) is 1. The fourth-order valence-electron chi connectivity index (χ4n) is 1.84. The quantitative estimate of drug-likeness (QED) is 0.785. The van der Waals surface area contributed by atoms with E-state index in [1.165, 1.54) is 6.92 Å². The maximum absolute atomic E-state index is 11.7. The van der Waals surface area contributed by atoms with E-state index in [1.807, 2.05) is 13.8 Å². The number of benzene rings is 1. The second-order valence-corrected chi connectivity index (χ2v) is 4.51. The van der Waals surface area contributed by atoms with Crippen molar-refractivity contribution in [3.05, 3.63) is 29.8 Å². The van der Waals surface area contributed by atoms with Crippen LogP contribution in [0.15, 0.2) is 24.3 Å². The number of hydrogen-bond donors (Lipinski definition) is 2. The van der Waals surface area contributed by atoms with E-state index < -0.39 is 6.03 Å². The van der Waals surface area contributed by atoms with Crippen LogP contribution in [-0.2, 0) is 4.79 Å². The van der Waals surface area contributed by atoms with E-state index in [4.69, 9.17) is 0 Å². The highest BCUT2D eigenvalue weighted by Gasteiger charge is 2.11. The summed E-state index contributed by atoms with van der Waals surface area (Å²) in [7, 11) is 0. The minimum absolute atomic E-state index is 0.0556. The molecule has 6 nitrogen and oxygen atoms in total. The Morgan fingerprint density at radius 1 is 1.14 bits per heavy atom. The van der Waals surface area contributed by atoms with Crippen molar-refractivity contribution in [2.45, 2.75) is 20.8 Å². The lowest BCUT2D eigenvalue weighted by atomic mass is 10.1. The molecule has 0 bridgehead atoms. The fraction of sp³-hybridized carbons (Fsp3) is 0.400. The van der Waals surface area contributed by atoms with Gasteiger partial charge in [-0.05, 0) is 32.9 Å². The number of amides is 3. The molecular formula is C15H21N3O3. The van der Waals surface area contributed by atoms with E-state index in [-0.39, 0.29) is 18.2 Å². The number of carbonyl (C=O) groups excluding carboxylic acids is 3. The number of urea groups is 1. The number of likely N-dealkylation sites (N-methyl/N-ethyl adjacent to an activating group) is 1. The van der Waals surface area contributed by atoms with Crippen molar-refractivity contribution in [2.24, 2.45) is 0 Å². The molecule has 0 spiro atoms. The zero-order valence-corrected chi connectivity index (χ0v) is 12.6. The molecule has 0 heterocycles. The molecule has 0 saturated carbocycles. The maximum atomic E-state index is 11.7. The van der Waals surface area contributed by atoms with Gasteiger partial charge in [0.15, 0.2) is 5.78 Å². The number of rotatable bonds is 6. The fourth-order valence-corrected chi connectivity index (χ4v) is 1.84. The number of hydrogen-bond acceptors (Lipinski definition) is 3. The van der Waals surface area contributed by atoms with Gasteiger partial charge in [0.2, 0.25) is 5.91 Å². The molecule has 0 aliphatic rings. The predicted octanol–water partition coefficient (Wildman–Crippen LogP) is 1.88. The monoisotopic (exact) mass is 291 g/mol. The molecule has 0 fully saturated rings. The molecule has 0 radical (unpaired) electrons. The maximum Gasteiger partial charge on any atom is 0.319 e. The largest absolute Gasteiger partial charge is 0.342 e. The van der Waals surface area contributed by atoms with Gasteiger partial charge in [-0.25, -0.2) is 4.79 Å². The summed E-state index contributed by atoms with van der Waals surface area (Å²) in [5.74, 6) is -0.205. The van der Waals surface area contributed by atoms with Gasteiger partial charge in [-0.15, -0.1) is 0 Å². The summed E-state index contributed by atoms with van der Waals surface area (Å²) in [6.07, 6.45) is 0. The normalized spacial score (nSPS) is 9.86. The van der Waals surface area contributed by atoms with E-state index in [9.17, 15) is 14.4 Å². The standard InChI is InChI=1S/C15H21N3O3/c1-4-18(5-2)14(20)10-16-15(21)17-13-8-6-7-12(9-13)11(3)19/h6-9H,4-5,10H2,1-3H3,(H2,16,17,21). The number of anilines is 1. The lowest BCUT2D eigenvalue weighted by Gasteiger charge is -2.18. The zero-order valence-electron chi connectivity index (χ0n) is 12.6. The third kappa shape index (κ3) is 5.25. The first-order valence-electron chi connectivity index (χ1n) is 6.91. The van der Waals surface area contributed by atoms with Gasteiger partial charge in [-0.3, -0.25) is 9.59 Å². The van der Waals surface area contributed by atoms with Crippen molar-refractivity contribution < 1.29 is 14.4 Å². The van der Waals surface area contributed by atoms with Crippen molar-refractivity contribution in [1.82, 2.24) is 10.2 Å². The zero-order chi connectivity index (χ0) is 15.8. The Kier molecular flexibility index (Phi) is 6.39. The Morgan fingerprint density at radius 3 is 2.38 bits per heavy atom. The van der Waals surface area contributed by atoms with Gasteiger partial charge < -0.3 is 15.5 Å². The third-order valence-electron chi connectivity index (χ3n) is 3.04. The first-order valence-corrected chi connectivity index (χ1v) is 6.91. The Labute approximate surface area is 124 Å². The lowest BCUT2D eigenvalue weighted by Crippen LogP contribution is -2.41. The first-order chi connectivity index (χ1) is 9.97. The molecular weight excluding hydrogens is 270 g/mol. The van der Waals surface area contributed by atoms with E-state index >= 15 is 0 Å². The van der Waals surface area contributed by atoms with Crippen LogP contribution in [0.5, 0.6) is 0 Å². The van der Waals surface area contributed by atoms with Gasteiger partial charge in [-0.2, -0.15) is 0 Å². The summed E-state index contributed by atoms with van der Waals surface area (Å²) in [4.78, 5) is 36.4. The summed E-state index contributed by atoms with van der Waals surface area (Å²) < 4.78 is 0. The summed E-state index contributed by atoms with van der Waals surface area (Å²) in [6.45, 7) is 6.39. The molecule has 1 aromatic rings. The van der Waals surface area contributed by atoms with Gasteiger partial charge in [0.05, 0.1) is 6.54 Å². The molecule has 1 rings (SSSR count). The van der Waals surface area contributed by atoms with E-state index in [2.05, 4.69) is 10.6 Å². The van der Waals surface area contributed by atoms with Gasteiger partial charge in [0.25, 0.3) is 0 Å². The average Bonchev–Trinajstić information content (AvgIpc) is 2.46. The van der Waals surface area contributed by atoms with E-state index in [0.717, 1.165) is 0 Å². The summed E-state index contributed by atoms with van der Waals surface area (Å²) in [5.41, 5.74) is 1.03. The lowest BCUT2D eigenvalue weighted by molar-refractivity contribution is -0.129. The SMILES string of the molecule is CCN(CC)C(=O)CNC(=O)Nc1cccc(C(C)=O)c1. The molecule has 2 N–H and O–H groups in total. The second-order valence-electron chi connectivity index (χ2n) is 4.51. The molecule has 0 aromatic heterocycles. The highest BCUT2D eigenvalue weighted by Crippen LogP contribution is 2.10. The van der Waals surface area contributed by atoms with Crippen LogP contribution in [0, 0.1) is 0 Å². The van der Waals surface area contributed by atoms with Crippen LogP contribution < -0.4 is 10.6 Å². The third-order valence-corrected chi connectivity index (χ3v) is 3.04. The van der Waals surface area contributed by atoms with Crippen molar-refractivity contribution in [1.29, 1.82) is 0 Å². The Bertz CT molecular complexity index is 525. The van der Waals surface area contributed by atoms with Crippen LogP contribution in [0.1, 0.15) is 31.1 Å². The molecule has 0 atom stereocenters. The molecule has 0 aliphatic heterocycles. The minimum atomic E-state index is -0.476. The molecule has 6 heteroatoms. The van der Waals surface area contributed by atoms with Crippen molar-refractivity contribution in [3.8, 4) is 0 Å². The predicted molar refractivity (Wildman–Crippen MR) is 81.4 cm³/mol. The summed E-state index contributed by atoms with van der Waals surface area (Å²) in [5, 5.41) is 5.10. The minimum Gasteiger partial charge on any atom is -0.342 e. The number of carbonyl (C=O) groups is 3. The van der Waals surface area contributed by atoms with E-state index in [0.29, 0.717) is 24.3 Å². The number of nitrogens with zero attached hydrogens (tertiary/aromatic N) is 1. The van der Waals surface area contributed by atoms with Crippen LogP contribution in [0.2, 0.25) is 0 Å². The molecule has 0 saturated heterocycles. The second kappa shape index (κ2) is 8.04. The molecule has 0 unspecified atom stereocenters. The van der Waals surface area contributed by atoms with Crippen LogP contribution in [0.25, 0.3) is 0 Å². The van der Waals surface area contributed by atoms with Crippen LogP contribution in [0.4, 0.5) is 10.5 Å². The Morgan fingerprint density at radius 2 is 1.81 bits per heavy atom. The van der Waals surface area contributed by atoms with Gasteiger partial charge in [0, 0.05) is 24.3 Å². The van der Waals surface area contributed by atoms with Crippen molar-refractivity contribution in [2.75, 3.05) is 25.0 Å². The smallest absolute Gasteiger partial charge is 0.319 e. The molecule has 3 amide bonds. The average molecular weight is 291 g/mol. The highest BCUT2D eigenvalue weighted by molar-refractivity contribution is 5.97. The number of nitrogens with one attached hydrogen (secondary N) is 2. The number of ketones is 1. The molecule has 114 valence electrons. The Hall–Kier alpha value is -2.37. The van der Waals surface area contributed by atoms with Crippen LogP contribution in [-0.4, -0.2) is 42.3 Å². The molecule has 21 heavy (non-hydrogen) atoms. The molecule has 1 aromatic carbocycles.